The minimum Gasteiger partial charge on any atom is -0.382 e. The summed E-state index contributed by atoms with van der Waals surface area (Å²) in [6.45, 7) is 1.92. The fraction of sp³-hybridized carbons (Fsp3) is 0.133. The lowest BCUT2D eigenvalue weighted by Crippen LogP contribution is -2.09. The van der Waals surface area contributed by atoms with Gasteiger partial charge in [0.2, 0.25) is 0 Å². The number of aromatic nitrogens is 4. The number of nitrogens with zero attached hydrogens (tertiary/aromatic N) is 4. The number of aliphatic hydroxyl groups excluding tert-OH is 1. The molecule has 0 radical (unpaired) electrons. The molecule has 0 saturated carbocycles. The second-order valence-corrected chi connectivity index (χ2v) is 4.54. The summed E-state index contributed by atoms with van der Waals surface area (Å²) in [6, 6.07) is 11.4. The number of benzene rings is 1. The molecule has 5 heteroatoms. The number of aliphatic hydroxyl groups is 1. The molecule has 1 N–H and O–H groups in total. The largest absolute Gasteiger partial charge is 0.382 e. The van der Waals surface area contributed by atoms with Gasteiger partial charge < -0.3 is 5.11 Å². The van der Waals surface area contributed by atoms with Gasteiger partial charge in [-0.25, -0.2) is 4.68 Å². The van der Waals surface area contributed by atoms with Gasteiger partial charge in [-0.3, -0.25) is 4.98 Å². The summed E-state index contributed by atoms with van der Waals surface area (Å²) in [4.78, 5) is 4.04. The zero-order valence-electron chi connectivity index (χ0n) is 11.0. The number of aryl methyl sites for hydroxylation is 1. The van der Waals surface area contributed by atoms with E-state index in [1.165, 1.54) is 0 Å². The van der Waals surface area contributed by atoms with E-state index in [-0.39, 0.29) is 0 Å². The molecule has 0 aliphatic carbocycles. The molecule has 5 nitrogen and oxygen atoms in total. The zero-order chi connectivity index (χ0) is 13.9. The van der Waals surface area contributed by atoms with Crippen LogP contribution in [0.5, 0.6) is 0 Å². The Bertz CT molecular complexity index is 709. The zero-order valence-corrected chi connectivity index (χ0v) is 11.0. The Labute approximate surface area is 116 Å². The second-order valence-electron chi connectivity index (χ2n) is 4.54. The Balaban J connectivity index is 2.04. The Morgan fingerprint density at radius 1 is 1.10 bits per heavy atom. The predicted octanol–water partition coefficient (Wildman–Crippen LogP) is 2.05. The van der Waals surface area contributed by atoms with Crippen LogP contribution < -0.4 is 0 Å². The molecule has 0 saturated heterocycles. The van der Waals surface area contributed by atoms with Crippen LogP contribution in [0.15, 0.2) is 55.0 Å². The number of pyridine rings is 1. The minimum absolute atomic E-state index is 0.630. The van der Waals surface area contributed by atoms with Crippen LogP contribution in [0, 0.1) is 6.92 Å². The van der Waals surface area contributed by atoms with Crippen LogP contribution in [0.3, 0.4) is 0 Å². The van der Waals surface area contributed by atoms with Gasteiger partial charge in [-0.15, -0.1) is 5.10 Å². The maximum absolute atomic E-state index is 10.6. The number of para-hydroxylation sites is 1. The molecule has 0 aliphatic heterocycles. The average molecular weight is 266 g/mol. The topological polar surface area (TPSA) is 63.8 Å². The minimum atomic E-state index is -0.784. The predicted molar refractivity (Wildman–Crippen MR) is 74.4 cm³/mol. The van der Waals surface area contributed by atoms with Crippen LogP contribution >= 0.6 is 0 Å². The van der Waals surface area contributed by atoms with Crippen molar-refractivity contribution < 1.29 is 5.11 Å². The molecule has 2 aromatic heterocycles. The van der Waals surface area contributed by atoms with Crippen LogP contribution in [-0.2, 0) is 0 Å². The van der Waals surface area contributed by atoms with Crippen molar-refractivity contribution in [1.82, 2.24) is 20.0 Å². The molecule has 20 heavy (non-hydrogen) atoms. The van der Waals surface area contributed by atoms with Crippen molar-refractivity contribution in [2.75, 3.05) is 0 Å². The third-order valence-corrected chi connectivity index (χ3v) is 3.21. The van der Waals surface area contributed by atoms with E-state index in [9.17, 15) is 5.11 Å². The first-order valence-electron chi connectivity index (χ1n) is 6.32. The first kappa shape index (κ1) is 12.5. The van der Waals surface area contributed by atoms with E-state index in [0.717, 1.165) is 16.8 Å². The summed E-state index contributed by atoms with van der Waals surface area (Å²) >= 11 is 0. The van der Waals surface area contributed by atoms with Crippen LogP contribution in [0.1, 0.15) is 22.9 Å². The van der Waals surface area contributed by atoms with E-state index in [1.54, 1.807) is 23.3 Å². The van der Waals surface area contributed by atoms with Crippen LogP contribution in [0.25, 0.3) is 5.69 Å². The average Bonchev–Trinajstić information content (AvgIpc) is 2.97. The van der Waals surface area contributed by atoms with Gasteiger partial charge in [0.15, 0.2) is 0 Å². The van der Waals surface area contributed by atoms with E-state index < -0.39 is 6.10 Å². The molecule has 0 fully saturated rings. The Morgan fingerprint density at radius 2 is 1.90 bits per heavy atom. The Hall–Kier alpha value is -2.53. The van der Waals surface area contributed by atoms with Gasteiger partial charge in [0.05, 0.1) is 17.6 Å². The molecular formula is C15H14N4O. The Kier molecular flexibility index (Phi) is 3.26. The molecule has 3 aromatic rings. The third-order valence-electron chi connectivity index (χ3n) is 3.21. The second kappa shape index (κ2) is 5.22. The van der Waals surface area contributed by atoms with Crippen LogP contribution in [0.2, 0.25) is 0 Å². The monoisotopic (exact) mass is 266 g/mol. The molecule has 100 valence electrons. The number of hydrogen-bond donors (Lipinski definition) is 1. The van der Waals surface area contributed by atoms with E-state index >= 15 is 0 Å². The SMILES string of the molecule is Cc1cnccc1C(O)c1cnnn1-c1ccccc1. The Morgan fingerprint density at radius 3 is 2.65 bits per heavy atom. The fourth-order valence-corrected chi connectivity index (χ4v) is 2.15. The smallest absolute Gasteiger partial charge is 0.123 e. The van der Waals surface area contributed by atoms with Crippen molar-refractivity contribution in [3.05, 3.63) is 71.8 Å². The summed E-state index contributed by atoms with van der Waals surface area (Å²) in [6.07, 6.45) is 4.20. The number of hydrogen-bond acceptors (Lipinski definition) is 4. The normalized spacial score (nSPS) is 12.3. The summed E-state index contributed by atoms with van der Waals surface area (Å²) in [5, 5.41) is 18.5. The van der Waals surface area contributed by atoms with Gasteiger partial charge >= 0.3 is 0 Å². The van der Waals surface area contributed by atoms with E-state index in [2.05, 4.69) is 15.3 Å². The van der Waals surface area contributed by atoms with E-state index in [0.29, 0.717) is 5.69 Å². The first-order chi connectivity index (χ1) is 9.77. The first-order valence-corrected chi connectivity index (χ1v) is 6.32. The molecule has 1 unspecified atom stereocenters. The molecule has 0 bridgehead atoms. The van der Waals surface area contributed by atoms with Gasteiger partial charge in [0, 0.05) is 12.4 Å². The van der Waals surface area contributed by atoms with Gasteiger partial charge in [-0.2, -0.15) is 0 Å². The number of rotatable bonds is 3. The highest BCUT2D eigenvalue weighted by atomic mass is 16.3. The highest BCUT2D eigenvalue weighted by molar-refractivity contribution is 5.35. The maximum atomic E-state index is 10.6. The quantitative estimate of drug-likeness (QED) is 0.788. The maximum Gasteiger partial charge on any atom is 0.123 e. The van der Waals surface area contributed by atoms with Crippen molar-refractivity contribution in [1.29, 1.82) is 0 Å². The van der Waals surface area contributed by atoms with Crippen molar-refractivity contribution >= 4 is 0 Å². The highest BCUT2D eigenvalue weighted by Crippen LogP contribution is 2.24. The van der Waals surface area contributed by atoms with E-state index in [4.69, 9.17) is 0 Å². The van der Waals surface area contributed by atoms with Crippen molar-refractivity contribution in [3.63, 3.8) is 0 Å². The molecule has 0 aliphatic rings. The van der Waals surface area contributed by atoms with E-state index in [1.807, 2.05) is 43.3 Å². The lowest BCUT2D eigenvalue weighted by Gasteiger charge is -2.14. The fourth-order valence-electron chi connectivity index (χ4n) is 2.15. The molecule has 0 spiro atoms. The molecule has 2 heterocycles. The van der Waals surface area contributed by atoms with Gasteiger partial charge in [0.1, 0.15) is 6.10 Å². The van der Waals surface area contributed by atoms with Crippen molar-refractivity contribution in [2.24, 2.45) is 0 Å². The summed E-state index contributed by atoms with van der Waals surface area (Å²) in [5.74, 6) is 0. The van der Waals surface area contributed by atoms with Crippen LogP contribution in [0.4, 0.5) is 0 Å². The van der Waals surface area contributed by atoms with Gasteiger partial charge in [-0.05, 0) is 36.2 Å². The van der Waals surface area contributed by atoms with Gasteiger partial charge in [0.25, 0.3) is 0 Å². The van der Waals surface area contributed by atoms with Gasteiger partial charge in [-0.1, -0.05) is 23.4 Å². The highest BCUT2D eigenvalue weighted by Gasteiger charge is 2.18. The van der Waals surface area contributed by atoms with Crippen molar-refractivity contribution in [3.8, 4) is 5.69 Å². The molecule has 1 aromatic carbocycles. The summed E-state index contributed by atoms with van der Waals surface area (Å²) in [5.41, 5.74) is 3.23. The van der Waals surface area contributed by atoms with Crippen molar-refractivity contribution in [2.45, 2.75) is 13.0 Å². The van der Waals surface area contributed by atoms with Crippen LogP contribution in [-0.4, -0.2) is 25.1 Å². The summed E-state index contributed by atoms with van der Waals surface area (Å²) in [7, 11) is 0. The standard InChI is InChI=1S/C15H14N4O/c1-11-9-16-8-7-13(11)15(20)14-10-17-18-19(14)12-5-3-2-4-6-12/h2-10,15,20H,1H3. The molecular weight excluding hydrogens is 252 g/mol. The third kappa shape index (κ3) is 2.19. The lowest BCUT2D eigenvalue weighted by molar-refractivity contribution is 0.211. The summed E-state index contributed by atoms with van der Waals surface area (Å²) < 4.78 is 1.64. The molecule has 3 rings (SSSR count). The molecule has 1 atom stereocenters. The lowest BCUT2D eigenvalue weighted by atomic mass is 10.0. The molecule has 0 amide bonds.